The smallest absolute Gasteiger partial charge is 1.00 e. The van der Waals surface area contributed by atoms with Crippen molar-refractivity contribution in [3.05, 3.63) is 132 Å². The Morgan fingerprint density at radius 1 is 0.575 bits per heavy atom. The fourth-order valence-corrected chi connectivity index (χ4v) is 5.01. The van der Waals surface area contributed by atoms with E-state index in [4.69, 9.17) is 0 Å². The zero-order chi connectivity index (χ0) is 27.2. The van der Waals surface area contributed by atoms with Crippen molar-refractivity contribution in [1.82, 2.24) is 0 Å². The predicted octanol–water partition coefficient (Wildman–Crippen LogP) is 4.04. The molecule has 4 aromatic rings. The molecular formula is C36H36Cl2SiZr-2. The zero-order valence-electron chi connectivity index (χ0n) is 24.1. The van der Waals surface area contributed by atoms with Gasteiger partial charge >= 0.3 is 41.9 Å². The number of allylic oxidation sites excluding steroid dienone is 8. The maximum atomic E-state index is 3.44. The minimum atomic E-state index is 0. The molecule has 4 heteroatoms. The van der Waals surface area contributed by atoms with Crippen LogP contribution in [0.4, 0.5) is 0 Å². The molecule has 40 heavy (non-hydrogen) atoms. The normalized spacial score (nSPS) is 17.1. The summed E-state index contributed by atoms with van der Waals surface area (Å²) < 4.78 is 0. The summed E-state index contributed by atoms with van der Waals surface area (Å²) in [5.74, 6) is 0.882. The molecule has 0 saturated heterocycles. The van der Waals surface area contributed by atoms with E-state index in [1.54, 1.807) is 23.3 Å². The summed E-state index contributed by atoms with van der Waals surface area (Å²) in [5, 5.41) is 5.21. The van der Waals surface area contributed by atoms with Gasteiger partial charge in [0.2, 0.25) is 0 Å². The van der Waals surface area contributed by atoms with Gasteiger partial charge in [-0.25, -0.2) is 11.1 Å². The second kappa shape index (κ2) is 15.9. The van der Waals surface area contributed by atoms with Crippen molar-refractivity contribution in [3.63, 3.8) is 0 Å². The van der Waals surface area contributed by atoms with Gasteiger partial charge in [-0.2, -0.15) is 23.3 Å². The summed E-state index contributed by atoms with van der Waals surface area (Å²) in [6, 6.07) is 30.3. The maximum Gasteiger partial charge on any atom is -1.00 e. The van der Waals surface area contributed by atoms with Crippen molar-refractivity contribution in [2.75, 3.05) is 0 Å². The first kappa shape index (κ1) is 34.2. The van der Waals surface area contributed by atoms with Crippen LogP contribution in [0.25, 0.3) is 32.7 Å². The first-order valence-corrected chi connectivity index (χ1v) is 19.5. The van der Waals surface area contributed by atoms with E-state index in [-0.39, 0.29) is 30.2 Å². The van der Waals surface area contributed by atoms with Crippen LogP contribution in [0, 0.1) is 24.0 Å². The second-order valence-electron chi connectivity index (χ2n) is 10.4. The van der Waals surface area contributed by atoms with Crippen LogP contribution in [0.1, 0.15) is 38.8 Å². The summed E-state index contributed by atoms with van der Waals surface area (Å²) in [6.45, 7) is 13.3. The van der Waals surface area contributed by atoms with Gasteiger partial charge in [0.15, 0.2) is 0 Å². The van der Waals surface area contributed by atoms with Crippen LogP contribution in [0.2, 0.25) is 13.1 Å². The van der Waals surface area contributed by atoms with E-state index >= 15 is 0 Å². The van der Waals surface area contributed by atoms with Gasteiger partial charge < -0.3 is 24.8 Å². The van der Waals surface area contributed by atoms with Crippen molar-refractivity contribution >= 4 is 38.1 Å². The van der Waals surface area contributed by atoms with E-state index < -0.39 is 0 Å². The van der Waals surface area contributed by atoms with E-state index in [2.05, 4.69) is 150 Å². The van der Waals surface area contributed by atoms with Crippen LogP contribution in [-0.2, 0) is 23.3 Å². The third kappa shape index (κ3) is 9.02. The van der Waals surface area contributed by atoms with Crippen molar-refractivity contribution in [3.8, 4) is 0 Å². The summed E-state index contributed by atoms with van der Waals surface area (Å²) in [7, 11) is 0. The second-order valence-corrected chi connectivity index (χ2v) is 19.8. The molecule has 0 bridgehead atoms. The van der Waals surface area contributed by atoms with Crippen LogP contribution in [0.3, 0.4) is 0 Å². The van der Waals surface area contributed by atoms with Gasteiger partial charge in [0.25, 0.3) is 0 Å². The van der Waals surface area contributed by atoms with E-state index in [1.807, 2.05) is 0 Å². The van der Waals surface area contributed by atoms with E-state index in [9.17, 15) is 0 Å². The van der Waals surface area contributed by atoms with Gasteiger partial charge in [-0.15, -0.1) is 0 Å². The molecule has 2 aliphatic carbocycles. The Balaban J connectivity index is 0.000000237. The van der Waals surface area contributed by atoms with E-state index in [0.29, 0.717) is 11.8 Å². The molecule has 0 aromatic heterocycles. The van der Waals surface area contributed by atoms with Crippen molar-refractivity contribution in [2.45, 2.75) is 40.8 Å². The molecule has 6 rings (SSSR count). The minimum absolute atomic E-state index is 0. The van der Waals surface area contributed by atoms with Gasteiger partial charge in [-0.3, -0.25) is 12.2 Å². The fraction of sp³-hybridized carbons (Fsp3) is 0.222. The molecule has 204 valence electrons. The van der Waals surface area contributed by atoms with Gasteiger partial charge in [0.1, 0.15) is 0 Å². The molecule has 2 atom stereocenters. The third-order valence-electron chi connectivity index (χ3n) is 6.65. The zero-order valence-corrected chi connectivity index (χ0v) is 29.1. The van der Waals surface area contributed by atoms with Gasteiger partial charge in [0.05, 0.1) is 0 Å². The molecule has 0 nitrogen and oxygen atoms in total. The predicted molar refractivity (Wildman–Crippen MR) is 165 cm³/mol. The number of hydrogen-bond acceptors (Lipinski definition) is 0. The van der Waals surface area contributed by atoms with E-state index in [1.165, 1.54) is 55.0 Å². The standard InChI is InChI=1S/2C17H15.C2H6Si.2ClH.Zr/c2*1-12-9-13(2)17(10-12)16-8-7-14-5-3-4-6-15(14)11-16;1-3-2;;;/h2*3-8,10-12H,1-2H3;1-2H3;2*1H;/q2*-1;;;;+2/p-2. The number of rotatable bonds is 2. The van der Waals surface area contributed by atoms with Crippen LogP contribution < -0.4 is 24.8 Å². The fourth-order valence-electron chi connectivity index (χ4n) is 5.01. The quantitative estimate of drug-likeness (QED) is 0.226. The van der Waals surface area contributed by atoms with Gasteiger partial charge in [-0.05, 0) is 21.5 Å². The summed E-state index contributed by atoms with van der Waals surface area (Å²) in [5.41, 5.74) is 8.03. The van der Waals surface area contributed by atoms with Crippen LogP contribution in [-0.4, -0.2) is 5.43 Å². The Bertz CT molecular complexity index is 1490. The molecule has 0 aliphatic heterocycles. The van der Waals surface area contributed by atoms with Crippen molar-refractivity contribution in [1.29, 1.82) is 0 Å². The maximum absolute atomic E-state index is 3.44. The van der Waals surface area contributed by atoms with Crippen LogP contribution in [0.5, 0.6) is 0 Å². The molecule has 0 spiro atoms. The average molecular weight is 659 g/mol. The molecular weight excluding hydrogens is 623 g/mol. The van der Waals surface area contributed by atoms with Crippen molar-refractivity contribution < 1.29 is 48.1 Å². The van der Waals surface area contributed by atoms with Gasteiger partial charge in [0, 0.05) is 0 Å². The number of benzene rings is 4. The number of fused-ring (bicyclic) bond motifs is 2. The Kier molecular flexibility index (Phi) is 13.6. The average Bonchev–Trinajstić information content (AvgIpc) is 3.42. The number of halogens is 2. The molecule has 2 unspecified atom stereocenters. The van der Waals surface area contributed by atoms with E-state index in [0.717, 1.165) is 0 Å². The van der Waals surface area contributed by atoms with Crippen LogP contribution >= 0.6 is 0 Å². The Morgan fingerprint density at radius 2 is 0.900 bits per heavy atom. The topological polar surface area (TPSA) is 0 Å². The Morgan fingerprint density at radius 3 is 1.20 bits per heavy atom. The monoisotopic (exact) mass is 656 g/mol. The summed E-state index contributed by atoms with van der Waals surface area (Å²) >= 11 is 1.74. The van der Waals surface area contributed by atoms with Crippen molar-refractivity contribution in [2.24, 2.45) is 11.8 Å². The molecule has 0 N–H and O–H groups in total. The third-order valence-corrected chi connectivity index (χ3v) is 6.65. The Labute approximate surface area is 268 Å². The molecule has 2 aliphatic rings. The first-order chi connectivity index (χ1) is 18.2. The Hall–Kier alpha value is -1.96. The van der Waals surface area contributed by atoms with Gasteiger partial charge in [-0.1, -0.05) is 136 Å². The largest absolute Gasteiger partial charge is 1.00 e. The SMILES string of the molecule is CC1=[C-]C(C)C=C1c1ccc2ccccc2c1.CC1=[C-]C(C)C=C1c1ccc2ccccc2c1.C[Si](C)=[Zr+2].[Cl-].[Cl-]. The molecule has 4 aromatic carbocycles. The summed E-state index contributed by atoms with van der Waals surface area (Å²) in [4.78, 5) is 0. The first-order valence-electron chi connectivity index (χ1n) is 13.4. The molecule has 0 fully saturated rings. The summed E-state index contributed by atoms with van der Waals surface area (Å²) in [6.07, 6.45) is 11.5. The number of hydrogen-bond donors (Lipinski definition) is 0. The molecule has 0 amide bonds. The molecule has 0 radical (unpaired) electrons. The molecule has 0 saturated carbocycles. The van der Waals surface area contributed by atoms with Crippen LogP contribution in [0.15, 0.2) is 108 Å². The minimum Gasteiger partial charge on any atom is -1.00 e. The molecule has 0 heterocycles.